The molecule has 2 atom stereocenters. The van der Waals surface area contributed by atoms with E-state index in [1.807, 2.05) is 20.8 Å². The zero-order valence-corrected chi connectivity index (χ0v) is 13.2. The van der Waals surface area contributed by atoms with E-state index in [4.69, 9.17) is 10.5 Å². The molecule has 0 saturated heterocycles. The summed E-state index contributed by atoms with van der Waals surface area (Å²) in [5, 5.41) is 3.03. The van der Waals surface area contributed by atoms with Gasteiger partial charge in [0.25, 0.3) is 0 Å². The number of hydrogen-bond acceptors (Lipinski definition) is 3. The van der Waals surface area contributed by atoms with Gasteiger partial charge < -0.3 is 15.8 Å². The standard InChI is InChI=1S/C14H26N2O2.ClH/c1-5-18-10-8-14(15,12(10,2)3)11(17)16-9-13(4)6-7-13;/h10H,5-9,15H2,1-4H3,(H,16,17);1H. The van der Waals surface area contributed by atoms with Crippen LogP contribution in [0.1, 0.15) is 47.0 Å². The number of nitrogens with one attached hydrogen (secondary N) is 1. The molecule has 2 aliphatic carbocycles. The van der Waals surface area contributed by atoms with Gasteiger partial charge in [-0.15, -0.1) is 12.4 Å². The molecule has 4 nitrogen and oxygen atoms in total. The van der Waals surface area contributed by atoms with Crippen LogP contribution in [0.4, 0.5) is 0 Å². The Morgan fingerprint density at radius 3 is 2.37 bits per heavy atom. The van der Waals surface area contributed by atoms with Crippen LogP contribution in [0.2, 0.25) is 0 Å². The lowest BCUT2D eigenvalue weighted by molar-refractivity contribution is -0.170. The monoisotopic (exact) mass is 290 g/mol. The number of nitrogens with two attached hydrogens (primary N) is 1. The van der Waals surface area contributed by atoms with Gasteiger partial charge in [-0.25, -0.2) is 0 Å². The summed E-state index contributed by atoms with van der Waals surface area (Å²) in [5.74, 6) is -0.0171. The van der Waals surface area contributed by atoms with E-state index in [1.54, 1.807) is 0 Å². The van der Waals surface area contributed by atoms with E-state index < -0.39 is 5.54 Å². The van der Waals surface area contributed by atoms with Gasteiger partial charge in [-0.3, -0.25) is 4.79 Å². The molecule has 2 saturated carbocycles. The van der Waals surface area contributed by atoms with E-state index in [0.717, 1.165) is 6.54 Å². The number of rotatable bonds is 5. The van der Waals surface area contributed by atoms with Crippen molar-refractivity contribution >= 4 is 18.3 Å². The SMILES string of the molecule is CCOC1CC(N)(C(=O)NCC2(C)CC2)C1(C)C.Cl. The van der Waals surface area contributed by atoms with Crippen LogP contribution in [0.15, 0.2) is 0 Å². The van der Waals surface area contributed by atoms with Crippen LogP contribution in [-0.4, -0.2) is 30.7 Å². The minimum atomic E-state index is -0.780. The molecule has 0 bridgehead atoms. The van der Waals surface area contributed by atoms with Crippen LogP contribution in [0.25, 0.3) is 0 Å². The Hall–Kier alpha value is -0.320. The van der Waals surface area contributed by atoms with Crippen molar-refractivity contribution in [1.82, 2.24) is 5.32 Å². The number of ether oxygens (including phenoxy) is 1. The Bertz CT molecular complexity index is 355. The average Bonchev–Trinajstić information content (AvgIpc) is 3.04. The first-order valence-corrected chi connectivity index (χ1v) is 6.94. The fourth-order valence-corrected chi connectivity index (χ4v) is 2.66. The second-order valence-electron chi connectivity index (χ2n) is 6.83. The molecule has 2 unspecified atom stereocenters. The van der Waals surface area contributed by atoms with Crippen molar-refractivity contribution in [2.45, 2.75) is 58.6 Å². The maximum atomic E-state index is 12.3. The smallest absolute Gasteiger partial charge is 0.240 e. The molecule has 2 rings (SSSR count). The van der Waals surface area contributed by atoms with Crippen molar-refractivity contribution in [3.8, 4) is 0 Å². The number of carbonyl (C=O) groups excluding carboxylic acids is 1. The molecule has 1 amide bonds. The van der Waals surface area contributed by atoms with Gasteiger partial charge in [-0.05, 0) is 25.2 Å². The Labute approximate surface area is 122 Å². The van der Waals surface area contributed by atoms with E-state index in [1.165, 1.54) is 12.8 Å². The summed E-state index contributed by atoms with van der Waals surface area (Å²) in [6.07, 6.45) is 3.12. The summed E-state index contributed by atoms with van der Waals surface area (Å²) in [4.78, 5) is 12.3. The topological polar surface area (TPSA) is 64.3 Å². The van der Waals surface area contributed by atoms with E-state index in [-0.39, 0.29) is 29.8 Å². The van der Waals surface area contributed by atoms with Gasteiger partial charge in [0.05, 0.1) is 6.10 Å². The first kappa shape index (κ1) is 16.7. The van der Waals surface area contributed by atoms with Gasteiger partial charge in [0.2, 0.25) is 5.91 Å². The molecule has 0 heterocycles. The maximum absolute atomic E-state index is 12.3. The Morgan fingerprint density at radius 2 is 1.95 bits per heavy atom. The third-order valence-electron chi connectivity index (χ3n) is 5.01. The lowest BCUT2D eigenvalue weighted by atomic mass is 9.54. The first-order valence-electron chi connectivity index (χ1n) is 6.94. The summed E-state index contributed by atoms with van der Waals surface area (Å²) in [6.45, 7) is 9.64. The molecular formula is C14H27ClN2O2. The minimum absolute atomic E-state index is 0. The van der Waals surface area contributed by atoms with Crippen molar-refractivity contribution in [2.75, 3.05) is 13.2 Å². The van der Waals surface area contributed by atoms with Gasteiger partial charge in [-0.2, -0.15) is 0 Å². The number of carbonyl (C=O) groups is 1. The largest absolute Gasteiger partial charge is 0.378 e. The zero-order chi connectivity index (χ0) is 13.6. The highest BCUT2D eigenvalue weighted by Crippen LogP contribution is 2.50. The third-order valence-corrected chi connectivity index (χ3v) is 5.01. The normalized spacial score (nSPS) is 33.8. The Kier molecular flexibility index (Phi) is 4.60. The van der Waals surface area contributed by atoms with Crippen LogP contribution in [0.5, 0.6) is 0 Å². The van der Waals surface area contributed by atoms with Gasteiger partial charge >= 0.3 is 0 Å². The molecule has 3 N–H and O–H groups in total. The van der Waals surface area contributed by atoms with Crippen molar-refractivity contribution in [1.29, 1.82) is 0 Å². The number of amides is 1. The highest BCUT2D eigenvalue weighted by Gasteiger charge is 2.63. The summed E-state index contributed by atoms with van der Waals surface area (Å²) >= 11 is 0. The second-order valence-corrected chi connectivity index (χ2v) is 6.83. The molecule has 2 fully saturated rings. The van der Waals surface area contributed by atoms with Gasteiger partial charge in [-0.1, -0.05) is 20.8 Å². The highest BCUT2D eigenvalue weighted by molar-refractivity contribution is 5.88. The fourth-order valence-electron chi connectivity index (χ4n) is 2.66. The van der Waals surface area contributed by atoms with Crippen molar-refractivity contribution in [2.24, 2.45) is 16.6 Å². The van der Waals surface area contributed by atoms with Crippen LogP contribution in [-0.2, 0) is 9.53 Å². The molecule has 5 heteroatoms. The van der Waals surface area contributed by atoms with E-state index in [2.05, 4.69) is 12.2 Å². The summed E-state index contributed by atoms with van der Waals surface area (Å²) in [6, 6.07) is 0. The van der Waals surface area contributed by atoms with Crippen LogP contribution >= 0.6 is 12.4 Å². The molecule has 2 aliphatic rings. The molecular weight excluding hydrogens is 264 g/mol. The summed E-state index contributed by atoms with van der Waals surface area (Å²) in [5.41, 5.74) is 5.55. The summed E-state index contributed by atoms with van der Waals surface area (Å²) in [7, 11) is 0. The van der Waals surface area contributed by atoms with E-state index in [9.17, 15) is 4.79 Å². The van der Waals surface area contributed by atoms with E-state index in [0.29, 0.717) is 18.4 Å². The predicted octanol–water partition coefficient (Wildman–Crippen LogP) is 1.86. The molecule has 19 heavy (non-hydrogen) atoms. The van der Waals surface area contributed by atoms with E-state index >= 15 is 0 Å². The fraction of sp³-hybridized carbons (Fsp3) is 0.929. The Balaban J connectivity index is 0.00000180. The molecule has 0 aliphatic heterocycles. The quantitative estimate of drug-likeness (QED) is 0.812. The van der Waals surface area contributed by atoms with Crippen molar-refractivity contribution in [3.05, 3.63) is 0 Å². The third kappa shape index (κ3) is 2.76. The second kappa shape index (κ2) is 5.23. The molecule has 0 radical (unpaired) electrons. The van der Waals surface area contributed by atoms with Crippen LogP contribution in [0, 0.1) is 10.8 Å². The van der Waals surface area contributed by atoms with Gasteiger partial charge in [0, 0.05) is 25.0 Å². The van der Waals surface area contributed by atoms with Crippen molar-refractivity contribution < 1.29 is 9.53 Å². The van der Waals surface area contributed by atoms with Crippen LogP contribution in [0.3, 0.4) is 0 Å². The number of hydrogen-bond donors (Lipinski definition) is 2. The number of halogens is 1. The predicted molar refractivity (Wildman–Crippen MR) is 78.3 cm³/mol. The zero-order valence-electron chi connectivity index (χ0n) is 12.4. The molecule has 0 aromatic carbocycles. The lowest BCUT2D eigenvalue weighted by Crippen LogP contribution is -2.75. The van der Waals surface area contributed by atoms with Crippen molar-refractivity contribution in [3.63, 3.8) is 0 Å². The molecule has 0 spiro atoms. The highest BCUT2D eigenvalue weighted by atomic mass is 35.5. The van der Waals surface area contributed by atoms with Gasteiger partial charge in [0.15, 0.2) is 0 Å². The van der Waals surface area contributed by atoms with Crippen LogP contribution < -0.4 is 11.1 Å². The molecule has 0 aromatic rings. The summed E-state index contributed by atoms with van der Waals surface area (Å²) < 4.78 is 5.64. The lowest BCUT2D eigenvalue weighted by Gasteiger charge is -2.57. The molecule has 0 aromatic heterocycles. The van der Waals surface area contributed by atoms with Gasteiger partial charge in [0.1, 0.15) is 5.54 Å². The first-order chi connectivity index (χ1) is 8.25. The Morgan fingerprint density at radius 1 is 1.37 bits per heavy atom. The average molecular weight is 291 g/mol. The molecule has 112 valence electrons. The maximum Gasteiger partial charge on any atom is 0.240 e. The minimum Gasteiger partial charge on any atom is -0.378 e.